The number of rotatable bonds is 10. The maximum atomic E-state index is 2.65. The van der Waals surface area contributed by atoms with E-state index in [0.717, 1.165) is 11.8 Å². The molecule has 1 heterocycles. The fourth-order valence-corrected chi connectivity index (χ4v) is 3.07. The second kappa shape index (κ2) is 9.07. The molecule has 1 fully saturated rings. The van der Waals surface area contributed by atoms with Crippen LogP contribution in [0.3, 0.4) is 0 Å². The molecule has 0 unspecified atom stereocenters. The Labute approximate surface area is 128 Å². The largest absolute Gasteiger partial charge is 0.303 e. The Kier molecular flexibility index (Phi) is 8.17. The molecule has 0 N–H and O–H groups in total. The van der Waals surface area contributed by atoms with Crippen LogP contribution in [0.15, 0.2) is 0 Å². The fourth-order valence-electron chi connectivity index (χ4n) is 3.07. The standard InChI is InChI=1S/C19H39N/c1-17(2)13-11-9-7-6-8-10-12-14-20-15-18(16-20)19(3,4)5/h17-18H,6-16H2,1-5H3. The maximum absolute atomic E-state index is 2.65. The van der Waals surface area contributed by atoms with E-state index in [1.807, 2.05) is 0 Å². The summed E-state index contributed by atoms with van der Waals surface area (Å²) in [6, 6.07) is 0. The molecule has 0 aromatic rings. The van der Waals surface area contributed by atoms with Crippen molar-refractivity contribution in [3.63, 3.8) is 0 Å². The molecule has 0 saturated carbocycles. The van der Waals surface area contributed by atoms with Crippen LogP contribution < -0.4 is 0 Å². The molecular formula is C19H39N. The highest BCUT2D eigenvalue weighted by atomic mass is 15.2. The minimum absolute atomic E-state index is 0.520. The van der Waals surface area contributed by atoms with Crippen LogP contribution in [0.1, 0.15) is 86.0 Å². The molecule has 1 aliphatic rings. The molecule has 1 heteroatoms. The van der Waals surface area contributed by atoms with Crippen molar-refractivity contribution in [2.45, 2.75) is 86.0 Å². The topological polar surface area (TPSA) is 3.24 Å². The first kappa shape index (κ1) is 18.0. The van der Waals surface area contributed by atoms with E-state index < -0.39 is 0 Å². The van der Waals surface area contributed by atoms with E-state index in [4.69, 9.17) is 0 Å². The Morgan fingerprint density at radius 3 is 1.85 bits per heavy atom. The van der Waals surface area contributed by atoms with Crippen molar-refractivity contribution < 1.29 is 0 Å². The highest BCUT2D eigenvalue weighted by molar-refractivity contribution is 4.87. The molecule has 0 aromatic heterocycles. The summed E-state index contributed by atoms with van der Waals surface area (Å²) in [4.78, 5) is 2.65. The van der Waals surface area contributed by atoms with Crippen LogP contribution in [0, 0.1) is 17.3 Å². The molecule has 0 radical (unpaired) electrons. The van der Waals surface area contributed by atoms with Gasteiger partial charge in [0.2, 0.25) is 0 Å². The van der Waals surface area contributed by atoms with Crippen molar-refractivity contribution in [1.82, 2.24) is 4.90 Å². The van der Waals surface area contributed by atoms with Gasteiger partial charge in [-0.15, -0.1) is 0 Å². The Morgan fingerprint density at radius 2 is 1.35 bits per heavy atom. The molecule has 0 atom stereocenters. The van der Waals surface area contributed by atoms with Gasteiger partial charge >= 0.3 is 0 Å². The first-order chi connectivity index (χ1) is 9.39. The summed E-state index contributed by atoms with van der Waals surface area (Å²) in [5.74, 6) is 1.83. The molecule has 120 valence electrons. The van der Waals surface area contributed by atoms with E-state index in [1.54, 1.807) is 0 Å². The van der Waals surface area contributed by atoms with Crippen molar-refractivity contribution in [3.05, 3.63) is 0 Å². The van der Waals surface area contributed by atoms with Crippen LogP contribution >= 0.6 is 0 Å². The molecule has 1 saturated heterocycles. The van der Waals surface area contributed by atoms with Gasteiger partial charge in [0.1, 0.15) is 0 Å². The van der Waals surface area contributed by atoms with Crippen molar-refractivity contribution in [2.24, 2.45) is 17.3 Å². The molecule has 0 bridgehead atoms. The molecule has 1 nitrogen and oxygen atoms in total. The van der Waals surface area contributed by atoms with Crippen molar-refractivity contribution in [1.29, 1.82) is 0 Å². The summed E-state index contributed by atoms with van der Waals surface area (Å²) in [6.07, 6.45) is 11.6. The molecule has 20 heavy (non-hydrogen) atoms. The minimum Gasteiger partial charge on any atom is -0.303 e. The Balaban J connectivity index is 1.80. The van der Waals surface area contributed by atoms with E-state index in [1.165, 1.54) is 71.0 Å². The summed E-state index contributed by atoms with van der Waals surface area (Å²) in [5.41, 5.74) is 0.520. The highest BCUT2D eigenvalue weighted by Crippen LogP contribution is 2.33. The summed E-state index contributed by atoms with van der Waals surface area (Å²) in [7, 11) is 0. The summed E-state index contributed by atoms with van der Waals surface area (Å²) < 4.78 is 0. The highest BCUT2D eigenvalue weighted by Gasteiger charge is 2.34. The third-order valence-electron chi connectivity index (χ3n) is 4.94. The molecule has 0 aromatic carbocycles. The van der Waals surface area contributed by atoms with Gasteiger partial charge in [-0.25, -0.2) is 0 Å². The average molecular weight is 282 g/mol. The van der Waals surface area contributed by atoms with Crippen LogP contribution in [0.2, 0.25) is 0 Å². The summed E-state index contributed by atoms with van der Waals surface area (Å²) in [6.45, 7) is 15.9. The van der Waals surface area contributed by atoms with Gasteiger partial charge in [0.25, 0.3) is 0 Å². The lowest BCUT2D eigenvalue weighted by Crippen LogP contribution is -2.52. The first-order valence-electron chi connectivity index (χ1n) is 9.12. The Hall–Kier alpha value is -0.0400. The lowest BCUT2D eigenvalue weighted by atomic mass is 9.76. The van der Waals surface area contributed by atoms with Crippen LogP contribution in [0.25, 0.3) is 0 Å². The average Bonchev–Trinajstić information content (AvgIpc) is 2.26. The van der Waals surface area contributed by atoms with Gasteiger partial charge < -0.3 is 4.90 Å². The van der Waals surface area contributed by atoms with Crippen molar-refractivity contribution in [2.75, 3.05) is 19.6 Å². The zero-order valence-corrected chi connectivity index (χ0v) is 14.9. The Bertz CT molecular complexity index is 233. The molecule has 1 rings (SSSR count). The van der Waals surface area contributed by atoms with Gasteiger partial charge in [0, 0.05) is 13.1 Å². The van der Waals surface area contributed by atoms with Gasteiger partial charge in [0.05, 0.1) is 0 Å². The predicted octanol–water partition coefficient (Wildman–Crippen LogP) is 5.74. The normalized spacial score (nSPS) is 17.7. The van der Waals surface area contributed by atoms with E-state index in [0.29, 0.717) is 5.41 Å². The third-order valence-corrected chi connectivity index (χ3v) is 4.94. The second-order valence-electron chi connectivity index (χ2n) is 8.48. The quantitative estimate of drug-likeness (QED) is 0.461. The van der Waals surface area contributed by atoms with Crippen LogP contribution in [-0.2, 0) is 0 Å². The lowest BCUT2D eigenvalue weighted by Gasteiger charge is -2.46. The zero-order valence-electron chi connectivity index (χ0n) is 14.9. The van der Waals surface area contributed by atoms with E-state index in [-0.39, 0.29) is 0 Å². The van der Waals surface area contributed by atoms with E-state index in [2.05, 4.69) is 39.5 Å². The van der Waals surface area contributed by atoms with Gasteiger partial charge in [-0.2, -0.15) is 0 Å². The number of hydrogen-bond acceptors (Lipinski definition) is 1. The molecular weight excluding hydrogens is 242 g/mol. The molecule has 0 amide bonds. The Morgan fingerprint density at radius 1 is 0.850 bits per heavy atom. The smallest absolute Gasteiger partial charge is 0.00270 e. The number of unbranched alkanes of at least 4 members (excludes halogenated alkanes) is 6. The van der Waals surface area contributed by atoms with E-state index >= 15 is 0 Å². The predicted molar refractivity (Wildman–Crippen MR) is 91.2 cm³/mol. The van der Waals surface area contributed by atoms with Crippen LogP contribution in [0.4, 0.5) is 0 Å². The fraction of sp³-hybridized carbons (Fsp3) is 1.00. The van der Waals surface area contributed by atoms with Crippen LogP contribution in [0.5, 0.6) is 0 Å². The number of hydrogen-bond donors (Lipinski definition) is 0. The SMILES string of the molecule is CC(C)CCCCCCCCCN1CC(C(C)(C)C)C1. The van der Waals surface area contributed by atoms with E-state index in [9.17, 15) is 0 Å². The van der Waals surface area contributed by atoms with Gasteiger partial charge in [0.15, 0.2) is 0 Å². The van der Waals surface area contributed by atoms with Crippen molar-refractivity contribution >= 4 is 0 Å². The summed E-state index contributed by atoms with van der Waals surface area (Å²) >= 11 is 0. The number of likely N-dealkylation sites (tertiary alicyclic amines) is 1. The van der Waals surface area contributed by atoms with Gasteiger partial charge in [-0.3, -0.25) is 0 Å². The lowest BCUT2D eigenvalue weighted by molar-refractivity contribution is 0.0238. The second-order valence-corrected chi connectivity index (χ2v) is 8.48. The summed E-state index contributed by atoms with van der Waals surface area (Å²) in [5, 5.41) is 0. The maximum Gasteiger partial charge on any atom is 0.00270 e. The monoisotopic (exact) mass is 281 g/mol. The zero-order chi connectivity index (χ0) is 15.0. The molecule has 1 aliphatic heterocycles. The minimum atomic E-state index is 0.520. The first-order valence-corrected chi connectivity index (χ1v) is 9.12. The molecule has 0 aliphatic carbocycles. The molecule has 0 spiro atoms. The number of nitrogens with zero attached hydrogens (tertiary/aromatic N) is 1. The third kappa shape index (κ3) is 7.67. The van der Waals surface area contributed by atoms with Gasteiger partial charge in [-0.05, 0) is 30.2 Å². The van der Waals surface area contributed by atoms with Crippen molar-refractivity contribution in [3.8, 4) is 0 Å². The van der Waals surface area contributed by atoms with Crippen LogP contribution in [-0.4, -0.2) is 24.5 Å². The van der Waals surface area contributed by atoms with Gasteiger partial charge in [-0.1, -0.05) is 79.6 Å².